The van der Waals surface area contributed by atoms with E-state index >= 15 is 0 Å². The molecule has 19 heavy (non-hydrogen) atoms. The number of carbonyl (C=O) groups is 1. The van der Waals surface area contributed by atoms with E-state index in [1.54, 1.807) is 12.1 Å². The topological polar surface area (TPSA) is 61.8 Å². The number of ether oxygens (including phenoxy) is 1. The molecule has 0 unspecified atom stereocenters. The van der Waals surface area contributed by atoms with Gasteiger partial charge in [0.25, 0.3) is 0 Å². The minimum absolute atomic E-state index is 0.0253. The highest BCUT2D eigenvalue weighted by Crippen LogP contribution is 2.15. The lowest BCUT2D eigenvalue weighted by Gasteiger charge is -2.25. The second kappa shape index (κ2) is 7.11. The maximum absolute atomic E-state index is 11.7. The van der Waals surface area contributed by atoms with Gasteiger partial charge in [0.2, 0.25) is 5.91 Å². The van der Waals surface area contributed by atoms with E-state index in [0.29, 0.717) is 32.7 Å². The number of nitrogens with zero attached hydrogens (tertiary/aromatic N) is 1. The minimum Gasteiger partial charge on any atom is -0.508 e. The Morgan fingerprint density at radius 1 is 1.32 bits per heavy atom. The summed E-state index contributed by atoms with van der Waals surface area (Å²) in [5, 5.41) is 12.5. The fourth-order valence-corrected chi connectivity index (χ4v) is 2.08. The average molecular weight is 264 g/mol. The van der Waals surface area contributed by atoms with Crippen LogP contribution in [0, 0.1) is 0 Å². The SMILES string of the molecule is O=C(CN1CCOCC1)NCCc1ccccc1O. The van der Waals surface area contributed by atoms with Crippen molar-refractivity contribution in [2.45, 2.75) is 6.42 Å². The van der Waals surface area contributed by atoms with Gasteiger partial charge >= 0.3 is 0 Å². The highest BCUT2D eigenvalue weighted by Gasteiger charge is 2.13. The van der Waals surface area contributed by atoms with Crippen LogP contribution < -0.4 is 5.32 Å². The highest BCUT2D eigenvalue weighted by atomic mass is 16.5. The molecule has 1 heterocycles. The first-order chi connectivity index (χ1) is 9.25. The van der Waals surface area contributed by atoms with Gasteiger partial charge < -0.3 is 15.2 Å². The Balaban J connectivity index is 1.67. The Morgan fingerprint density at radius 2 is 2.05 bits per heavy atom. The van der Waals surface area contributed by atoms with Crippen LogP contribution in [0.4, 0.5) is 0 Å². The van der Waals surface area contributed by atoms with Crippen LogP contribution in [0.2, 0.25) is 0 Å². The van der Waals surface area contributed by atoms with Crippen molar-refractivity contribution in [2.24, 2.45) is 0 Å². The molecule has 5 heteroatoms. The van der Waals surface area contributed by atoms with E-state index in [1.165, 1.54) is 0 Å². The number of phenols is 1. The van der Waals surface area contributed by atoms with Crippen molar-refractivity contribution in [3.8, 4) is 5.75 Å². The molecule has 1 saturated heterocycles. The van der Waals surface area contributed by atoms with Gasteiger partial charge in [-0.05, 0) is 18.1 Å². The van der Waals surface area contributed by atoms with Crippen molar-refractivity contribution in [1.29, 1.82) is 0 Å². The average Bonchev–Trinajstić information content (AvgIpc) is 2.42. The molecule has 5 nitrogen and oxygen atoms in total. The fraction of sp³-hybridized carbons (Fsp3) is 0.500. The molecule has 1 fully saturated rings. The van der Waals surface area contributed by atoms with Crippen LogP contribution in [0.15, 0.2) is 24.3 Å². The van der Waals surface area contributed by atoms with E-state index in [4.69, 9.17) is 4.74 Å². The Morgan fingerprint density at radius 3 is 2.79 bits per heavy atom. The number of aromatic hydroxyl groups is 1. The summed E-state index contributed by atoms with van der Waals surface area (Å²) in [5.74, 6) is 0.308. The number of morpholine rings is 1. The lowest BCUT2D eigenvalue weighted by atomic mass is 10.1. The number of phenolic OH excluding ortho intramolecular Hbond substituents is 1. The smallest absolute Gasteiger partial charge is 0.234 e. The molecule has 0 aliphatic carbocycles. The Bertz CT molecular complexity index is 417. The zero-order chi connectivity index (χ0) is 13.5. The molecule has 1 aromatic carbocycles. The zero-order valence-corrected chi connectivity index (χ0v) is 11.0. The molecular weight excluding hydrogens is 244 g/mol. The van der Waals surface area contributed by atoms with Crippen LogP contribution in [0.3, 0.4) is 0 Å². The van der Waals surface area contributed by atoms with Crippen molar-refractivity contribution < 1.29 is 14.6 Å². The molecule has 2 rings (SSSR count). The summed E-state index contributed by atoms with van der Waals surface area (Å²) in [7, 11) is 0. The van der Waals surface area contributed by atoms with E-state index in [1.807, 2.05) is 12.1 Å². The lowest BCUT2D eigenvalue weighted by molar-refractivity contribution is -0.123. The van der Waals surface area contributed by atoms with Gasteiger partial charge in [0.15, 0.2) is 0 Å². The van der Waals surface area contributed by atoms with Crippen molar-refractivity contribution in [1.82, 2.24) is 10.2 Å². The normalized spacial score (nSPS) is 16.2. The number of rotatable bonds is 5. The van der Waals surface area contributed by atoms with E-state index in [-0.39, 0.29) is 11.7 Å². The van der Waals surface area contributed by atoms with Crippen LogP contribution in [-0.4, -0.2) is 55.3 Å². The molecule has 1 aromatic rings. The first-order valence-electron chi connectivity index (χ1n) is 6.59. The van der Waals surface area contributed by atoms with Gasteiger partial charge in [-0.1, -0.05) is 18.2 Å². The summed E-state index contributed by atoms with van der Waals surface area (Å²) in [6.07, 6.45) is 0.640. The predicted octanol–water partition coefficient (Wildman–Crippen LogP) is 0.383. The monoisotopic (exact) mass is 264 g/mol. The van der Waals surface area contributed by atoms with E-state index in [9.17, 15) is 9.90 Å². The van der Waals surface area contributed by atoms with Gasteiger partial charge in [0.05, 0.1) is 19.8 Å². The van der Waals surface area contributed by atoms with Gasteiger partial charge in [0.1, 0.15) is 5.75 Å². The number of hydrogen-bond donors (Lipinski definition) is 2. The lowest BCUT2D eigenvalue weighted by Crippen LogP contribution is -2.43. The molecule has 1 aliphatic heterocycles. The summed E-state index contributed by atoms with van der Waals surface area (Å²) >= 11 is 0. The van der Waals surface area contributed by atoms with Gasteiger partial charge in [-0.15, -0.1) is 0 Å². The summed E-state index contributed by atoms with van der Waals surface area (Å²) in [5.41, 5.74) is 0.856. The van der Waals surface area contributed by atoms with Gasteiger partial charge in [0, 0.05) is 19.6 Å². The molecule has 0 radical (unpaired) electrons. The molecule has 1 amide bonds. The Labute approximate surface area is 113 Å². The number of para-hydroxylation sites is 1. The molecule has 0 aromatic heterocycles. The first-order valence-corrected chi connectivity index (χ1v) is 6.59. The number of hydrogen-bond acceptors (Lipinski definition) is 4. The summed E-state index contributed by atoms with van der Waals surface area (Å²) < 4.78 is 5.23. The number of amides is 1. The molecule has 2 N–H and O–H groups in total. The third kappa shape index (κ3) is 4.54. The molecule has 0 atom stereocenters. The summed E-state index contributed by atoms with van der Waals surface area (Å²) in [6.45, 7) is 3.99. The largest absolute Gasteiger partial charge is 0.508 e. The van der Waals surface area contributed by atoms with E-state index < -0.39 is 0 Å². The molecule has 0 bridgehead atoms. The van der Waals surface area contributed by atoms with E-state index in [0.717, 1.165) is 18.7 Å². The van der Waals surface area contributed by atoms with Crippen LogP contribution in [0.25, 0.3) is 0 Å². The van der Waals surface area contributed by atoms with Crippen LogP contribution >= 0.6 is 0 Å². The van der Waals surface area contributed by atoms with Gasteiger partial charge in [-0.25, -0.2) is 0 Å². The molecule has 1 aliphatic rings. The summed E-state index contributed by atoms with van der Waals surface area (Å²) in [6, 6.07) is 7.19. The number of benzene rings is 1. The van der Waals surface area contributed by atoms with Crippen molar-refractivity contribution in [3.05, 3.63) is 29.8 Å². The van der Waals surface area contributed by atoms with Crippen molar-refractivity contribution >= 4 is 5.91 Å². The maximum atomic E-state index is 11.7. The highest BCUT2D eigenvalue weighted by molar-refractivity contribution is 5.78. The summed E-state index contributed by atoms with van der Waals surface area (Å²) in [4.78, 5) is 13.8. The fourth-order valence-electron chi connectivity index (χ4n) is 2.08. The zero-order valence-electron chi connectivity index (χ0n) is 11.0. The van der Waals surface area contributed by atoms with Crippen LogP contribution in [0.5, 0.6) is 5.75 Å². The van der Waals surface area contributed by atoms with Crippen molar-refractivity contribution in [2.75, 3.05) is 39.4 Å². The van der Waals surface area contributed by atoms with Gasteiger partial charge in [-0.2, -0.15) is 0 Å². The standard InChI is InChI=1S/C14H20N2O3/c17-13-4-2-1-3-12(13)5-6-15-14(18)11-16-7-9-19-10-8-16/h1-4,17H,5-11H2,(H,15,18). The second-order valence-corrected chi connectivity index (χ2v) is 4.62. The second-order valence-electron chi connectivity index (χ2n) is 4.62. The first kappa shape index (κ1) is 13.8. The van der Waals surface area contributed by atoms with Gasteiger partial charge in [-0.3, -0.25) is 9.69 Å². The van der Waals surface area contributed by atoms with Crippen LogP contribution in [0.1, 0.15) is 5.56 Å². The molecule has 0 spiro atoms. The molecular formula is C14H20N2O3. The Kier molecular flexibility index (Phi) is 5.18. The minimum atomic E-state index is 0.0253. The number of nitrogens with one attached hydrogen (secondary N) is 1. The predicted molar refractivity (Wildman–Crippen MR) is 72.1 cm³/mol. The quantitative estimate of drug-likeness (QED) is 0.807. The van der Waals surface area contributed by atoms with E-state index in [2.05, 4.69) is 10.2 Å². The molecule has 0 saturated carbocycles. The van der Waals surface area contributed by atoms with Crippen molar-refractivity contribution in [3.63, 3.8) is 0 Å². The van der Waals surface area contributed by atoms with Crippen LogP contribution in [-0.2, 0) is 16.0 Å². The Hall–Kier alpha value is -1.59. The maximum Gasteiger partial charge on any atom is 0.234 e. The molecule has 104 valence electrons. The third-order valence-electron chi connectivity index (χ3n) is 3.18. The third-order valence-corrected chi connectivity index (χ3v) is 3.18. The number of carbonyl (C=O) groups excluding carboxylic acids is 1.